The number of ether oxygens (including phenoxy) is 1. The van der Waals surface area contributed by atoms with Crippen LogP contribution in [0.15, 0.2) is 81.7 Å². The second-order valence-corrected chi connectivity index (χ2v) is 11.9. The third-order valence-electron chi connectivity index (χ3n) is 6.73. The Hall–Kier alpha value is -3.90. The number of alkyl carbamates (subject to hydrolysis) is 1. The van der Waals surface area contributed by atoms with Crippen LogP contribution in [0.2, 0.25) is 0 Å². The number of carbonyl (C=O) groups excluding carboxylic acids is 3. The van der Waals surface area contributed by atoms with Gasteiger partial charge >= 0.3 is 12.1 Å². The number of nitrogens with one attached hydrogen (secondary N) is 3. The highest BCUT2D eigenvalue weighted by Crippen LogP contribution is 2.30. The second-order valence-electron chi connectivity index (χ2n) is 10.2. The number of unbranched alkanes of at least 4 members (excludes halogenated alkanes) is 1. The van der Waals surface area contributed by atoms with E-state index in [0.717, 1.165) is 11.1 Å². The number of hydrogen-bond donors (Lipinski definition) is 5. The van der Waals surface area contributed by atoms with Crippen LogP contribution in [0, 0.1) is 0 Å². The summed E-state index contributed by atoms with van der Waals surface area (Å²) in [5.74, 6) is -2.14. The first-order valence-corrected chi connectivity index (χ1v) is 15.8. The van der Waals surface area contributed by atoms with E-state index in [1.807, 2.05) is 60.7 Å². The van der Waals surface area contributed by atoms with Gasteiger partial charge in [-0.2, -0.15) is 0 Å². The maximum absolute atomic E-state index is 13.4. The van der Waals surface area contributed by atoms with E-state index in [1.165, 1.54) is 0 Å². The molecule has 10 nitrogen and oxygen atoms in total. The van der Waals surface area contributed by atoms with Gasteiger partial charge in [-0.25, -0.2) is 9.59 Å². The van der Waals surface area contributed by atoms with E-state index >= 15 is 0 Å². The summed E-state index contributed by atoms with van der Waals surface area (Å²) in [6, 6.07) is 20.1. The minimum Gasteiger partial charge on any atom is -0.480 e. The van der Waals surface area contributed by atoms with Crippen LogP contribution in [-0.4, -0.2) is 47.6 Å². The Bertz CT molecular complexity index is 1390. The third kappa shape index (κ3) is 12.0. The molecule has 234 valence electrons. The number of carbonyl (C=O) groups is 4. The van der Waals surface area contributed by atoms with Crippen LogP contribution in [0.25, 0.3) is 0 Å². The number of aliphatic carboxylic acids is 1. The average Bonchev–Trinajstić information content (AvgIpc) is 3.01. The smallest absolute Gasteiger partial charge is 0.407 e. The molecule has 0 aromatic heterocycles. The number of nitrogen functional groups attached to an aromatic ring is 1. The first-order chi connectivity index (χ1) is 21.1. The lowest BCUT2D eigenvalue weighted by Crippen LogP contribution is -2.52. The van der Waals surface area contributed by atoms with Gasteiger partial charge in [0.05, 0.1) is 5.69 Å². The Labute approximate surface area is 273 Å². The maximum atomic E-state index is 13.4. The highest BCUT2D eigenvalue weighted by atomic mass is 79.9. The lowest BCUT2D eigenvalue weighted by molar-refractivity contribution is -0.142. The molecule has 44 heavy (non-hydrogen) atoms. The summed E-state index contributed by atoms with van der Waals surface area (Å²) >= 11 is 6.80. The molecule has 3 aromatic carbocycles. The number of rotatable bonds is 16. The molecule has 3 amide bonds. The van der Waals surface area contributed by atoms with E-state index in [1.54, 1.807) is 12.1 Å². The van der Waals surface area contributed by atoms with Gasteiger partial charge < -0.3 is 31.5 Å². The van der Waals surface area contributed by atoms with Gasteiger partial charge in [0.1, 0.15) is 18.7 Å². The minimum absolute atomic E-state index is 0.113. The Morgan fingerprint density at radius 2 is 1.43 bits per heavy atom. The molecular formula is C32H36Br2N4O6. The molecule has 3 rings (SSSR count). The van der Waals surface area contributed by atoms with Crippen LogP contribution in [-0.2, 0) is 38.6 Å². The van der Waals surface area contributed by atoms with Crippen molar-refractivity contribution >= 4 is 61.4 Å². The van der Waals surface area contributed by atoms with Crippen molar-refractivity contribution in [2.24, 2.45) is 0 Å². The van der Waals surface area contributed by atoms with Crippen LogP contribution in [0.5, 0.6) is 0 Å². The van der Waals surface area contributed by atoms with Crippen molar-refractivity contribution in [2.45, 2.75) is 57.2 Å². The Morgan fingerprint density at radius 1 is 0.818 bits per heavy atom. The Kier molecular flexibility index (Phi) is 14.2. The first-order valence-electron chi connectivity index (χ1n) is 14.2. The molecule has 0 aliphatic rings. The van der Waals surface area contributed by atoms with Gasteiger partial charge in [0.2, 0.25) is 11.8 Å². The van der Waals surface area contributed by atoms with Crippen molar-refractivity contribution in [3.8, 4) is 0 Å². The number of carboxylic acids is 1. The van der Waals surface area contributed by atoms with Gasteiger partial charge in [-0.3, -0.25) is 9.59 Å². The van der Waals surface area contributed by atoms with E-state index in [2.05, 4.69) is 47.8 Å². The van der Waals surface area contributed by atoms with Gasteiger partial charge in [0, 0.05) is 28.3 Å². The third-order valence-corrected chi connectivity index (χ3v) is 8.04. The maximum Gasteiger partial charge on any atom is 0.407 e. The molecule has 0 fully saturated rings. The molecule has 2 atom stereocenters. The molecule has 0 aliphatic carbocycles. The summed E-state index contributed by atoms with van der Waals surface area (Å²) in [5, 5.41) is 17.8. The summed E-state index contributed by atoms with van der Waals surface area (Å²) < 4.78 is 6.41. The summed E-state index contributed by atoms with van der Waals surface area (Å²) in [4.78, 5) is 50.2. The van der Waals surface area contributed by atoms with Crippen LogP contribution in [0.1, 0.15) is 42.4 Å². The fourth-order valence-electron chi connectivity index (χ4n) is 4.34. The predicted octanol–water partition coefficient (Wildman–Crippen LogP) is 5.12. The van der Waals surface area contributed by atoms with Gasteiger partial charge in [0.25, 0.3) is 0 Å². The van der Waals surface area contributed by atoms with Crippen molar-refractivity contribution in [2.75, 3.05) is 12.3 Å². The molecule has 0 spiro atoms. The molecule has 0 saturated heterocycles. The second kappa shape index (κ2) is 18.0. The zero-order chi connectivity index (χ0) is 31.9. The topological polar surface area (TPSA) is 160 Å². The SMILES string of the molecule is Nc1c(Br)cc(C[C@@H](NC(=O)CCc2ccccc2)C(=O)N[C@@H](CCCCNC(=O)OCc2ccccc2)C(=O)O)cc1Br. The monoisotopic (exact) mass is 730 g/mol. The normalized spacial score (nSPS) is 12.0. The number of nitrogens with two attached hydrogens (primary N) is 1. The van der Waals surface area contributed by atoms with E-state index in [0.29, 0.717) is 39.5 Å². The van der Waals surface area contributed by atoms with E-state index in [9.17, 15) is 24.3 Å². The quantitative estimate of drug-likeness (QED) is 0.101. The Morgan fingerprint density at radius 3 is 2.05 bits per heavy atom. The van der Waals surface area contributed by atoms with Gasteiger partial charge in [-0.05, 0) is 86.4 Å². The van der Waals surface area contributed by atoms with Crippen molar-refractivity contribution in [3.63, 3.8) is 0 Å². The number of amides is 3. The summed E-state index contributed by atoms with van der Waals surface area (Å²) in [6.07, 6.45) is 1.23. The molecule has 6 N–H and O–H groups in total. The predicted molar refractivity (Wildman–Crippen MR) is 175 cm³/mol. The highest BCUT2D eigenvalue weighted by molar-refractivity contribution is 9.11. The number of anilines is 1. The number of benzene rings is 3. The zero-order valence-corrected chi connectivity index (χ0v) is 27.2. The van der Waals surface area contributed by atoms with Crippen molar-refractivity contribution in [3.05, 3.63) is 98.4 Å². The lowest BCUT2D eigenvalue weighted by Gasteiger charge is -2.22. The number of hydrogen-bond acceptors (Lipinski definition) is 6. The Balaban J connectivity index is 1.54. The van der Waals surface area contributed by atoms with E-state index in [-0.39, 0.29) is 38.3 Å². The standard InChI is InChI=1S/C32H36Br2N4O6/c33-24-17-23(18-25(34)29(24)35)19-27(37-28(39)15-14-21-9-3-1-4-10-21)30(40)38-26(31(41)42)13-7-8-16-36-32(43)44-20-22-11-5-2-6-12-22/h1-6,9-12,17-18,26-27H,7-8,13-16,19-20,35H2,(H,36,43)(H,37,39)(H,38,40)(H,41,42)/t26-,27+/m0/s1. The van der Waals surface area contributed by atoms with Gasteiger partial charge in [-0.1, -0.05) is 60.7 Å². The number of halogens is 2. The summed E-state index contributed by atoms with van der Waals surface area (Å²) in [5.41, 5.74) is 9.05. The van der Waals surface area contributed by atoms with Crippen LogP contribution >= 0.6 is 31.9 Å². The number of aryl methyl sites for hydroxylation is 1. The van der Waals surface area contributed by atoms with E-state index < -0.39 is 30.1 Å². The molecule has 12 heteroatoms. The van der Waals surface area contributed by atoms with Crippen LogP contribution < -0.4 is 21.7 Å². The van der Waals surface area contributed by atoms with E-state index in [4.69, 9.17) is 10.5 Å². The van der Waals surface area contributed by atoms with Crippen molar-refractivity contribution < 1.29 is 29.0 Å². The first kappa shape index (κ1) is 34.6. The van der Waals surface area contributed by atoms with Crippen molar-refractivity contribution in [1.82, 2.24) is 16.0 Å². The summed E-state index contributed by atoms with van der Waals surface area (Å²) in [6.45, 7) is 0.433. The fraction of sp³-hybridized carbons (Fsp3) is 0.312. The van der Waals surface area contributed by atoms with Gasteiger partial charge in [-0.15, -0.1) is 0 Å². The van der Waals surface area contributed by atoms with Gasteiger partial charge in [0.15, 0.2) is 0 Å². The zero-order valence-electron chi connectivity index (χ0n) is 24.1. The minimum atomic E-state index is -1.19. The molecule has 0 radical (unpaired) electrons. The summed E-state index contributed by atoms with van der Waals surface area (Å²) in [7, 11) is 0. The molecule has 0 aliphatic heterocycles. The molecule has 0 saturated carbocycles. The molecule has 3 aromatic rings. The average molecular weight is 732 g/mol. The highest BCUT2D eigenvalue weighted by Gasteiger charge is 2.27. The largest absolute Gasteiger partial charge is 0.480 e. The fourth-order valence-corrected chi connectivity index (χ4v) is 5.62. The molecule has 0 heterocycles. The van der Waals surface area contributed by atoms with Crippen molar-refractivity contribution in [1.29, 1.82) is 0 Å². The van der Waals surface area contributed by atoms with Crippen LogP contribution in [0.4, 0.5) is 10.5 Å². The lowest BCUT2D eigenvalue weighted by atomic mass is 10.0. The molecule has 0 bridgehead atoms. The van der Waals surface area contributed by atoms with Crippen LogP contribution in [0.3, 0.4) is 0 Å². The number of carboxylic acid groups (broad SMARTS) is 1. The molecular weight excluding hydrogens is 696 g/mol. The molecule has 0 unspecified atom stereocenters.